The molecule has 3 aromatic carbocycles. The smallest absolute Gasteiger partial charge is 0.238 e. The molecule has 1 fully saturated rings. The van der Waals surface area contributed by atoms with Crippen molar-refractivity contribution in [3.05, 3.63) is 82.3 Å². The Morgan fingerprint density at radius 1 is 1.00 bits per heavy atom. The molecule has 1 aliphatic rings. The molecule has 192 valence electrons. The third-order valence-corrected chi connectivity index (χ3v) is 7.27. The second-order valence-corrected chi connectivity index (χ2v) is 10.2. The fraction of sp³-hybridized carbons (Fsp3) is 0.222. The van der Waals surface area contributed by atoms with E-state index in [0.717, 1.165) is 11.3 Å². The largest absolute Gasteiger partial charge is 0.497 e. The van der Waals surface area contributed by atoms with Gasteiger partial charge in [-0.1, -0.05) is 47.1 Å². The Bertz CT molecular complexity index is 1280. The van der Waals surface area contributed by atoms with Crippen molar-refractivity contribution in [2.75, 3.05) is 26.1 Å². The minimum Gasteiger partial charge on any atom is -0.497 e. The minimum absolute atomic E-state index is 0.0367. The number of amidine groups is 1. The molecule has 7 nitrogen and oxygen atoms in total. The molecule has 1 saturated heterocycles. The molecule has 37 heavy (non-hydrogen) atoms. The maximum Gasteiger partial charge on any atom is 0.238 e. The summed E-state index contributed by atoms with van der Waals surface area (Å²) < 4.78 is 10.4. The Balaban J connectivity index is 1.55. The van der Waals surface area contributed by atoms with Crippen LogP contribution in [0.1, 0.15) is 12.0 Å². The molecular weight excluding hydrogens is 533 g/mol. The Hall–Kier alpha value is -3.20. The van der Waals surface area contributed by atoms with Gasteiger partial charge in [-0.05, 0) is 66.6 Å². The van der Waals surface area contributed by atoms with Crippen molar-refractivity contribution in [3.8, 4) is 11.5 Å². The summed E-state index contributed by atoms with van der Waals surface area (Å²) in [6.45, 7) is 0.422. The quantitative estimate of drug-likeness (QED) is 0.356. The molecule has 0 saturated carbocycles. The normalized spacial score (nSPS) is 16.5. The number of thioether (sulfide) groups is 1. The van der Waals surface area contributed by atoms with E-state index < -0.39 is 5.25 Å². The van der Waals surface area contributed by atoms with Crippen LogP contribution in [0.5, 0.6) is 11.5 Å². The zero-order valence-corrected chi connectivity index (χ0v) is 22.6. The van der Waals surface area contributed by atoms with E-state index in [2.05, 4.69) is 5.32 Å². The standard InChI is InChI=1S/C27H25Cl2N3O4S/c1-35-22-7-3-17(4-8-22)11-12-32-25(33)16-24(26(34)30-21-14-18(28)13-19(29)15-21)37-27(32)31-20-5-9-23(36-2)10-6-20/h3-10,13-15,24H,11-12,16H2,1-2H3,(H,30,34). The van der Waals surface area contributed by atoms with E-state index in [9.17, 15) is 9.59 Å². The van der Waals surface area contributed by atoms with Gasteiger partial charge in [0.25, 0.3) is 0 Å². The van der Waals surface area contributed by atoms with Crippen LogP contribution in [-0.2, 0) is 16.0 Å². The van der Waals surface area contributed by atoms with E-state index in [1.165, 1.54) is 11.8 Å². The molecule has 0 aliphatic carbocycles. The Kier molecular flexibility index (Phi) is 8.97. The summed E-state index contributed by atoms with van der Waals surface area (Å²) in [6.07, 6.45) is 0.658. The molecule has 0 radical (unpaired) electrons. The summed E-state index contributed by atoms with van der Waals surface area (Å²) in [6, 6.07) is 19.7. The fourth-order valence-electron chi connectivity index (χ4n) is 3.71. The Labute approximate surface area is 229 Å². The van der Waals surface area contributed by atoms with Crippen molar-refractivity contribution in [1.82, 2.24) is 4.90 Å². The molecule has 1 unspecified atom stereocenters. The lowest BCUT2D eigenvalue weighted by atomic mass is 10.1. The van der Waals surface area contributed by atoms with Crippen molar-refractivity contribution in [2.24, 2.45) is 4.99 Å². The lowest BCUT2D eigenvalue weighted by molar-refractivity contribution is -0.129. The van der Waals surface area contributed by atoms with Gasteiger partial charge in [0, 0.05) is 28.7 Å². The van der Waals surface area contributed by atoms with Crippen LogP contribution in [0.3, 0.4) is 0 Å². The number of rotatable bonds is 8. The molecule has 1 heterocycles. The number of halogens is 2. The number of carbonyl (C=O) groups is 2. The Morgan fingerprint density at radius 2 is 1.59 bits per heavy atom. The average Bonchev–Trinajstić information content (AvgIpc) is 2.88. The van der Waals surface area contributed by atoms with Crippen LogP contribution in [0.25, 0.3) is 0 Å². The predicted octanol–water partition coefficient (Wildman–Crippen LogP) is 6.21. The highest BCUT2D eigenvalue weighted by Crippen LogP contribution is 2.31. The van der Waals surface area contributed by atoms with Crippen molar-refractivity contribution in [2.45, 2.75) is 18.1 Å². The molecule has 10 heteroatoms. The van der Waals surface area contributed by atoms with Gasteiger partial charge in [0.15, 0.2) is 5.17 Å². The first kappa shape index (κ1) is 26.9. The monoisotopic (exact) mass is 557 g/mol. The van der Waals surface area contributed by atoms with Gasteiger partial charge in [-0.2, -0.15) is 0 Å². The van der Waals surface area contributed by atoms with E-state index in [1.54, 1.807) is 61.6 Å². The number of methoxy groups -OCH3 is 2. The number of hydrogen-bond donors (Lipinski definition) is 1. The van der Waals surface area contributed by atoms with E-state index in [1.807, 2.05) is 24.3 Å². The zero-order chi connectivity index (χ0) is 26.4. The summed E-state index contributed by atoms with van der Waals surface area (Å²) >= 11 is 13.4. The lowest BCUT2D eigenvalue weighted by Crippen LogP contribution is -2.46. The molecule has 2 amide bonds. The van der Waals surface area contributed by atoms with Crippen LogP contribution >= 0.6 is 35.0 Å². The molecule has 0 aromatic heterocycles. The number of anilines is 1. The highest BCUT2D eigenvalue weighted by atomic mass is 35.5. The number of carbonyl (C=O) groups excluding carboxylic acids is 2. The maximum absolute atomic E-state index is 13.3. The molecule has 0 spiro atoms. The van der Waals surface area contributed by atoms with Gasteiger partial charge in [0.05, 0.1) is 19.9 Å². The average molecular weight is 558 g/mol. The molecule has 1 atom stereocenters. The number of amides is 2. The Morgan fingerprint density at radius 3 is 2.19 bits per heavy atom. The summed E-state index contributed by atoms with van der Waals surface area (Å²) in [4.78, 5) is 32.7. The SMILES string of the molecule is COc1ccc(CCN2C(=O)CC(C(=O)Nc3cc(Cl)cc(Cl)c3)SC2=Nc2ccc(OC)cc2)cc1. The maximum atomic E-state index is 13.3. The predicted molar refractivity (Wildman–Crippen MR) is 150 cm³/mol. The number of hydrogen-bond acceptors (Lipinski definition) is 6. The molecule has 1 N–H and O–H groups in total. The van der Waals surface area contributed by atoms with Crippen LogP contribution in [-0.4, -0.2) is 47.9 Å². The summed E-state index contributed by atoms with van der Waals surface area (Å²) in [5, 5.41) is 3.41. The summed E-state index contributed by atoms with van der Waals surface area (Å²) in [5.74, 6) is 0.966. The van der Waals surface area contributed by atoms with Crippen molar-refractivity contribution in [3.63, 3.8) is 0 Å². The number of nitrogens with one attached hydrogen (secondary N) is 1. The van der Waals surface area contributed by atoms with Crippen molar-refractivity contribution < 1.29 is 19.1 Å². The fourth-order valence-corrected chi connectivity index (χ4v) is 5.36. The minimum atomic E-state index is -0.667. The zero-order valence-electron chi connectivity index (χ0n) is 20.2. The third kappa shape index (κ3) is 7.19. The highest BCUT2D eigenvalue weighted by Gasteiger charge is 2.35. The van der Waals surface area contributed by atoms with Gasteiger partial charge in [0.2, 0.25) is 11.8 Å². The third-order valence-electron chi connectivity index (χ3n) is 5.64. The van der Waals surface area contributed by atoms with Crippen LogP contribution in [0.2, 0.25) is 10.0 Å². The number of ether oxygens (including phenoxy) is 2. The number of aliphatic imine (C=N–C) groups is 1. The van der Waals surface area contributed by atoms with Crippen molar-refractivity contribution >= 4 is 63.3 Å². The molecule has 3 aromatic rings. The highest BCUT2D eigenvalue weighted by molar-refractivity contribution is 8.15. The van der Waals surface area contributed by atoms with E-state index in [-0.39, 0.29) is 18.2 Å². The van der Waals surface area contributed by atoms with Crippen LogP contribution in [0, 0.1) is 0 Å². The first-order chi connectivity index (χ1) is 17.8. The second-order valence-electron chi connectivity index (χ2n) is 8.19. The van der Waals surface area contributed by atoms with Crippen molar-refractivity contribution in [1.29, 1.82) is 0 Å². The lowest BCUT2D eigenvalue weighted by Gasteiger charge is -2.32. The van der Waals surface area contributed by atoms with Gasteiger partial charge in [-0.3, -0.25) is 14.5 Å². The number of nitrogens with zero attached hydrogens (tertiary/aromatic N) is 2. The van der Waals surface area contributed by atoms with Crippen LogP contribution < -0.4 is 14.8 Å². The number of benzene rings is 3. The first-order valence-electron chi connectivity index (χ1n) is 11.4. The van der Waals surface area contributed by atoms with Crippen LogP contribution in [0.4, 0.5) is 11.4 Å². The summed E-state index contributed by atoms with van der Waals surface area (Å²) in [5.41, 5.74) is 2.17. The van der Waals surface area contributed by atoms with Gasteiger partial charge in [-0.25, -0.2) is 4.99 Å². The topological polar surface area (TPSA) is 80.2 Å². The summed E-state index contributed by atoms with van der Waals surface area (Å²) in [7, 11) is 3.21. The van der Waals surface area contributed by atoms with Gasteiger partial charge in [0.1, 0.15) is 16.7 Å². The van der Waals surface area contributed by atoms with Gasteiger partial charge < -0.3 is 14.8 Å². The van der Waals surface area contributed by atoms with Gasteiger partial charge in [-0.15, -0.1) is 0 Å². The first-order valence-corrected chi connectivity index (χ1v) is 13.1. The van der Waals surface area contributed by atoms with E-state index in [0.29, 0.717) is 45.3 Å². The van der Waals surface area contributed by atoms with Gasteiger partial charge >= 0.3 is 0 Å². The molecule has 0 bridgehead atoms. The van der Waals surface area contributed by atoms with E-state index in [4.69, 9.17) is 37.7 Å². The van der Waals surface area contributed by atoms with Crippen LogP contribution in [0.15, 0.2) is 71.7 Å². The van der Waals surface area contributed by atoms with E-state index >= 15 is 0 Å². The molecule has 4 rings (SSSR count). The molecule has 1 aliphatic heterocycles. The second kappa shape index (κ2) is 12.4. The molecular formula is C27H25Cl2N3O4S.